The molecule has 3 rings (SSSR count). The lowest BCUT2D eigenvalue weighted by atomic mass is 9.91. The first-order valence-corrected chi connectivity index (χ1v) is 18.2. The lowest BCUT2D eigenvalue weighted by Crippen LogP contribution is -2.60. The fourth-order valence-electron chi connectivity index (χ4n) is 5.26. The second-order valence-electron chi connectivity index (χ2n) is 15.4. The Morgan fingerprint density at radius 2 is 1.59 bits per heavy atom. The van der Waals surface area contributed by atoms with Crippen LogP contribution in [0.5, 0.6) is 11.5 Å². The molecule has 1 aliphatic heterocycles. The van der Waals surface area contributed by atoms with E-state index < -0.39 is 39.9 Å². The average molecular weight is 705 g/mol. The molecular weight excluding hydrogens is 648 g/mol. The highest BCUT2D eigenvalue weighted by atomic mass is 32.2. The molecular formula is C36H56N4O8S. The largest absolute Gasteiger partial charge is 0.454 e. The molecule has 0 saturated carbocycles. The minimum absolute atomic E-state index is 0.00599. The van der Waals surface area contributed by atoms with E-state index in [-0.39, 0.29) is 61.4 Å². The third-order valence-electron chi connectivity index (χ3n) is 7.85. The van der Waals surface area contributed by atoms with Crippen molar-refractivity contribution >= 4 is 22.0 Å². The summed E-state index contributed by atoms with van der Waals surface area (Å²) in [6.45, 7) is 16.9. The fourth-order valence-corrected chi connectivity index (χ4v) is 6.90. The minimum Gasteiger partial charge on any atom is -0.454 e. The summed E-state index contributed by atoms with van der Waals surface area (Å²) in [5, 5.41) is 13.5. The molecule has 1 heterocycles. The number of nitrogens with zero attached hydrogens (tertiary/aromatic N) is 3. The van der Waals surface area contributed by atoms with E-state index in [1.54, 1.807) is 33.9 Å². The maximum Gasteiger partial charge on any atom is 0.410 e. The van der Waals surface area contributed by atoms with E-state index in [1.807, 2.05) is 71.9 Å². The number of likely N-dealkylation sites (N-methyl/N-ethyl adjacent to an activating group) is 1. The van der Waals surface area contributed by atoms with Crippen molar-refractivity contribution in [3.8, 4) is 11.5 Å². The number of ether oxygens (including phenoxy) is 3. The number of nitrogens with one attached hydrogen (secondary N) is 1. The van der Waals surface area contributed by atoms with Crippen molar-refractivity contribution in [3.05, 3.63) is 54.1 Å². The van der Waals surface area contributed by atoms with E-state index in [9.17, 15) is 23.1 Å². The number of aliphatic hydroxyl groups excluding tert-OH is 1. The summed E-state index contributed by atoms with van der Waals surface area (Å²) in [6.07, 6.45) is -1.42. The number of hydrogen-bond acceptors (Lipinski definition) is 9. The third-order valence-corrected chi connectivity index (χ3v) is 9.68. The molecule has 1 aliphatic rings. The monoisotopic (exact) mass is 704 g/mol. The van der Waals surface area contributed by atoms with Gasteiger partial charge in [0, 0.05) is 45.2 Å². The van der Waals surface area contributed by atoms with Gasteiger partial charge in [0.15, 0.2) is 11.5 Å². The smallest absolute Gasteiger partial charge is 0.410 e. The lowest BCUT2D eigenvalue weighted by Gasteiger charge is -2.39. The van der Waals surface area contributed by atoms with Crippen LogP contribution in [0.25, 0.3) is 0 Å². The molecule has 2 aromatic rings. The normalized spacial score (nSPS) is 15.2. The molecule has 0 aliphatic carbocycles. The van der Waals surface area contributed by atoms with E-state index >= 15 is 0 Å². The number of amides is 2. The summed E-state index contributed by atoms with van der Waals surface area (Å²) < 4.78 is 45.8. The molecule has 2 amide bonds. The number of benzene rings is 2. The van der Waals surface area contributed by atoms with Crippen LogP contribution in [-0.4, -0.2) is 97.0 Å². The van der Waals surface area contributed by atoms with Crippen LogP contribution < -0.4 is 14.9 Å². The molecule has 3 atom stereocenters. The van der Waals surface area contributed by atoms with Gasteiger partial charge in [0.25, 0.3) is 0 Å². The summed E-state index contributed by atoms with van der Waals surface area (Å²) >= 11 is 0. The standard InChI is InChI=1S/C36H56N4O8S/c1-25(2)22-39(49(44,45)28-16-17-31-32(19-28)47-24-46-31)23-30(41)29(18-27-14-12-11-13-15-27)40(33(42)20-35(4,5)6)37-21-26(3)38(10)34(43)48-36(7,8)9/h11-17,19,25-26,29-30,37,41H,18,20-24H2,1-10H3/t26-,29-,30+/m0/s1. The number of aliphatic hydroxyl groups is 1. The molecule has 2 aromatic carbocycles. The topological polar surface area (TPSA) is 138 Å². The van der Waals surface area contributed by atoms with Crippen LogP contribution in [0.1, 0.15) is 74.3 Å². The number of rotatable bonds is 15. The second-order valence-corrected chi connectivity index (χ2v) is 17.3. The van der Waals surface area contributed by atoms with Crippen molar-refractivity contribution in [1.29, 1.82) is 0 Å². The van der Waals surface area contributed by atoms with Crippen molar-refractivity contribution in [1.82, 2.24) is 19.6 Å². The molecule has 13 heteroatoms. The number of hydrazine groups is 1. The highest BCUT2D eigenvalue weighted by molar-refractivity contribution is 7.89. The van der Waals surface area contributed by atoms with Crippen LogP contribution in [0.2, 0.25) is 0 Å². The van der Waals surface area contributed by atoms with E-state index in [1.165, 1.54) is 26.3 Å². The van der Waals surface area contributed by atoms with E-state index in [2.05, 4.69) is 5.43 Å². The number of carbonyl (C=O) groups is 2. The van der Waals surface area contributed by atoms with Crippen molar-refractivity contribution in [2.45, 2.75) is 104 Å². The van der Waals surface area contributed by atoms with Gasteiger partial charge in [-0.3, -0.25) is 9.80 Å². The SMILES string of the molecule is CC(C)CN(C[C@@H](O)[C@H](Cc1ccccc1)N(NC[C@H](C)N(C)C(=O)OC(C)(C)C)C(=O)CC(C)(C)C)S(=O)(=O)c1ccc2c(c1)OCO2. The maximum absolute atomic E-state index is 14.1. The minimum atomic E-state index is -4.10. The van der Waals surface area contributed by atoms with Gasteiger partial charge in [-0.25, -0.2) is 18.6 Å². The first-order chi connectivity index (χ1) is 22.7. The number of hydrogen-bond donors (Lipinski definition) is 2. The predicted octanol–water partition coefficient (Wildman–Crippen LogP) is 5.06. The van der Waals surface area contributed by atoms with Crippen LogP contribution in [0.15, 0.2) is 53.4 Å². The van der Waals surface area contributed by atoms with E-state index in [0.29, 0.717) is 11.5 Å². The zero-order chi connectivity index (χ0) is 36.7. The van der Waals surface area contributed by atoms with E-state index in [4.69, 9.17) is 14.2 Å². The summed E-state index contributed by atoms with van der Waals surface area (Å²) in [6, 6.07) is 12.6. The van der Waals surface area contributed by atoms with Crippen molar-refractivity contribution in [2.24, 2.45) is 11.3 Å². The Morgan fingerprint density at radius 1 is 0.959 bits per heavy atom. The highest BCUT2D eigenvalue weighted by Gasteiger charge is 2.37. The molecule has 0 radical (unpaired) electrons. The Labute approximate surface area is 292 Å². The molecule has 0 fully saturated rings. The van der Waals surface area contributed by atoms with Gasteiger partial charge < -0.3 is 24.2 Å². The lowest BCUT2D eigenvalue weighted by molar-refractivity contribution is -0.143. The quantitative estimate of drug-likeness (QED) is 0.244. The molecule has 274 valence electrons. The molecule has 0 aromatic heterocycles. The average Bonchev–Trinajstić information content (AvgIpc) is 3.46. The summed E-state index contributed by atoms with van der Waals surface area (Å²) in [5.74, 6) is 0.461. The number of sulfonamides is 1. The van der Waals surface area contributed by atoms with Crippen molar-refractivity contribution in [2.75, 3.05) is 33.5 Å². The number of fused-ring (bicyclic) bond motifs is 1. The zero-order valence-corrected chi connectivity index (χ0v) is 31.5. The zero-order valence-electron chi connectivity index (χ0n) is 30.7. The van der Waals surface area contributed by atoms with E-state index in [0.717, 1.165) is 5.56 Å². The third kappa shape index (κ3) is 11.9. The summed E-state index contributed by atoms with van der Waals surface area (Å²) in [7, 11) is -2.47. The van der Waals surface area contributed by atoms with Crippen LogP contribution in [-0.2, 0) is 26.0 Å². The Kier molecular flexibility index (Phi) is 13.5. The maximum atomic E-state index is 14.1. The van der Waals surface area contributed by atoms with Gasteiger partial charge in [0.05, 0.1) is 17.0 Å². The summed E-state index contributed by atoms with van der Waals surface area (Å²) in [4.78, 5) is 28.4. The Morgan fingerprint density at radius 3 is 2.18 bits per heavy atom. The van der Waals surface area contributed by atoms with Crippen LogP contribution in [0.4, 0.5) is 4.79 Å². The second kappa shape index (κ2) is 16.5. The molecule has 12 nitrogen and oxygen atoms in total. The van der Waals surface area contributed by atoms with Gasteiger partial charge in [-0.2, -0.15) is 4.31 Å². The predicted molar refractivity (Wildman–Crippen MR) is 188 cm³/mol. The van der Waals surface area contributed by atoms with Crippen LogP contribution in [0.3, 0.4) is 0 Å². The molecule has 49 heavy (non-hydrogen) atoms. The van der Waals surface area contributed by atoms with Gasteiger partial charge in [-0.15, -0.1) is 0 Å². The highest BCUT2D eigenvalue weighted by Crippen LogP contribution is 2.35. The first kappa shape index (κ1) is 40.0. The molecule has 0 saturated heterocycles. The molecule has 0 spiro atoms. The van der Waals surface area contributed by atoms with Crippen LogP contribution >= 0.6 is 0 Å². The number of carbonyl (C=O) groups excluding carboxylic acids is 2. The molecule has 2 N–H and O–H groups in total. The van der Waals surface area contributed by atoms with Crippen molar-refractivity contribution in [3.63, 3.8) is 0 Å². The Hall–Kier alpha value is -3.39. The summed E-state index contributed by atoms with van der Waals surface area (Å²) in [5.41, 5.74) is 3.02. The Bertz CT molecular complexity index is 1510. The van der Waals surface area contributed by atoms with Gasteiger partial charge in [-0.05, 0) is 63.1 Å². The van der Waals surface area contributed by atoms with Gasteiger partial charge in [-0.1, -0.05) is 65.0 Å². The van der Waals surface area contributed by atoms with Crippen molar-refractivity contribution < 1.29 is 37.3 Å². The first-order valence-electron chi connectivity index (χ1n) is 16.8. The molecule has 0 unspecified atom stereocenters. The van der Waals surface area contributed by atoms with Gasteiger partial charge >= 0.3 is 6.09 Å². The van der Waals surface area contributed by atoms with Crippen LogP contribution in [0, 0.1) is 11.3 Å². The Balaban J connectivity index is 1.99. The molecule has 0 bridgehead atoms. The fraction of sp³-hybridized carbons (Fsp3) is 0.611. The van der Waals surface area contributed by atoms with Gasteiger partial charge in [0.1, 0.15) is 5.60 Å². The van der Waals surface area contributed by atoms with Gasteiger partial charge in [0.2, 0.25) is 22.7 Å².